The number of aliphatic carboxylic acids is 1. The van der Waals surface area contributed by atoms with Crippen LogP contribution in [-0.2, 0) is 17.8 Å². The van der Waals surface area contributed by atoms with Crippen LogP contribution in [0.3, 0.4) is 0 Å². The third kappa shape index (κ3) is 2.72. The molecule has 1 fully saturated rings. The Labute approximate surface area is 119 Å². The number of carboxylic acid groups (broad SMARTS) is 1. The lowest BCUT2D eigenvalue weighted by atomic mass is 10.1. The van der Waals surface area contributed by atoms with Crippen molar-refractivity contribution in [1.82, 2.24) is 4.57 Å². The van der Waals surface area contributed by atoms with Crippen molar-refractivity contribution in [2.24, 2.45) is 5.92 Å². The van der Waals surface area contributed by atoms with Gasteiger partial charge in [0.05, 0.1) is 5.52 Å². The van der Waals surface area contributed by atoms with E-state index in [1.54, 1.807) is 0 Å². The third-order valence-electron chi connectivity index (χ3n) is 4.41. The number of hydrogen-bond acceptors (Lipinski definition) is 1. The van der Waals surface area contributed by atoms with E-state index in [0.717, 1.165) is 18.0 Å². The van der Waals surface area contributed by atoms with Crippen molar-refractivity contribution in [2.45, 2.75) is 45.1 Å². The Morgan fingerprint density at radius 1 is 1.25 bits per heavy atom. The van der Waals surface area contributed by atoms with Gasteiger partial charge in [0.25, 0.3) is 0 Å². The summed E-state index contributed by atoms with van der Waals surface area (Å²) in [6.07, 6.45) is 8.35. The van der Waals surface area contributed by atoms with Crippen molar-refractivity contribution in [3.63, 3.8) is 0 Å². The molecule has 0 amide bonds. The average Bonchev–Trinajstić information content (AvgIpc) is 3.07. The van der Waals surface area contributed by atoms with Gasteiger partial charge >= 0.3 is 5.97 Å². The van der Waals surface area contributed by atoms with Crippen LogP contribution in [0.1, 0.15) is 37.7 Å². The third-order valence-corrected chi connectivity index (χ3v) is 4.41. The lowest BCUT2D eigenvalue weighted by Crippen LogP contribution is -2.07. The van der Waals surface area contributed by atoms with Gasteiger partial charge in [0.1, 0.15) is 0 Å². The molecule has 106 valence electrons. The predicted octanol–water partition coefficient (Wildman–Crippen LogP) is 3.85. The number of hydrogen-bond donors (Lipinski definition) is 1. The molecule has 3 nitrogen and oxygen atoms in total. The van der Waals surface area contributed by atoms with Gasteiger partial charge in [-0.2, -0.15) is 0 Å². The van der Waals surface area contributed by atoms with E-state index in [-0.39, 0.29) is 6.42 Å². The summed E-state index contributed by atoms with van der Waals surface area (Å²) in [6, 6.07) is 8.36. The predicted molar refractivity (Wildman–Crippen MR) is 79.9 cm³/mol. The summed E-state index contributed by atoms with van der Waals surface area (Å²) in [6.45, 7) is 1.08. The van der Waals surface area contributed by atoms with Gasteiger partial charge in [-0.05, 0) is 42.2 Å². The van der Waals surface area contributed by atoms with Gasteiger partial charge in [-0.25, -0.2) is 0 Å². The fraction of sp³-hybridized carbons (Fsp3) is 0.471. The second-order valence-electron chi connectivity index (χ2n) is 5.87. The molecule has 1 aromatic heterocycles. The Morgan fingerprint density at radius 3 is 2.80 bits per heavy atom. The minimum Gasteiger partial charge on any atom is -0.481 e. The fourth-order valence-corrected chi connectivity index (χ4v) is 3.41. The summed E-state index contributed by atoms with van der Waals surface area (Å²) in [5, 5.41) is 10.1. The Morgan fingerprint density at radius 2 is 2.05 bits per heavy atom. The van der Waals surface area contributed by atoms with Crippen LogP contribution in [0.25, 0.3) is 10.9 Å². The van der Waals surface area contributed by atoms with Crippen molar-refractivity contribution in [3.05, 3.63) is 36.0 Å². The molecule has 1 aliphatic rings. The SMILES string of the molecule is O=C(O)CCc1cccc2ccn(CC3CCCC3)c12. The summed E-state index contributed by atoms with van der Waals surface area (Å²) in [7, 11) is 0. The van der Waals surface area contributed by atoms with E-state index in [9.17, 15) is 4.79 Å². The molecule has 2 aromatic rings. The summed E-state index contributed by atoms with van der Waals surface area (Å²) in [5.41, 5.74) is 2.40. The quantitative estimate of drug-likeness (QED) is 0.897. The molecule has 1 aliphatic carbocycles. The fourth-order valence-electron chi connectivity index (χ4n) is 3.41. The monoisotopic (exact) mass is 271 g/mol. The van der Waals surface area contributed by atoms with Crippen LogP contribution in [-0.4, -0.2) is 15.6 Å². The van der Waals surface area contributed by atoms with Crippen LogP contribution in [0, 0.1) is 5.92 Å². The van der Waals surface area contributed by atoms with Crippen LogP contribution < -0.4 is 0 Å². The molecule has 0 bridgehead atoms. The summed E-state index contributed by atoms with van der Waals surface area (Å²) >= 11 is 0. The average molecular weight is 271 g/mol. The van der Waals surface area contributed by atoms with Crippen molar-refractivity contribution in [2.75, 3.05) is 0 Å². The first kappa shape index (κ1) is 13.2. The molecule has 0 unspecified atom stereocenters. The number of fused-ring (bicyclic) bond motifs is 1. The number of rotatable bonds is 5. The van der Waals surface area contributed by atoms with Gasteiger partial charge in [-0.3, -0.25) is 4.79 Å². The zero-order valence-corrected chi connectivity index (χ0v) is 11.7. The second-order valence-corrected chi connectivity index (χ2v) is 5.87. The molecule has 1 heterocycles. The Balaban J connectivity index is 1.89. The number of para-hydroxylation sites is 1. The topological polar surface area (TPSA) is 42.2 Å². The number of carboxylic acids is 1. The molecule has 1 N–H and O–H groups in total. The molecule has 0 saturated heterocycles. The van der Waals surface area contributed by atoms with E-state index in [2.05, 4.69) is 29.0 Å². The molecule has 3 rings (SSSR count). The van der Waals surface area contributed by atoms with E-state index in [1.165, 1.54) is 36.6 Å². The van der Waals surface area contributed by atoms with Gasteiger partial charge in [-0.1, -0.05) is 31.0 Å². The van der Waals surface area contributed by atoms with E-state index in [0.29, 0.717) is 6.42 Å². The van der Waals surface area contributed by atoms with E-state index < -0.39 is 5.97 Å². The summed E-state index contributed by atoms with van der Waals surface area (Å²) < 4.78 is 2.34. The van der Waals surface area contributed by atoms with Crippen molar-refractivity contribution in [3.8, 4) is 0 Å². The van der Waals surface area contributed by atoms with Crippen molar-refractivity contribution in [1.29, 1.82) is 0 Å². The van der Waals surface area contributed by atoms with Gasteiger partial charge in [0.15, 0.2) is 0 Å². The number of nitrogens with zero attached hydrogens (tertiary/aromatic N) is 1. The van der Waals surface area contributed by atoms with Crippen LogP contribution in [0.15, 0.2) is 30.5 Å². The van der Waals surface area contributed by atoms with E-state index >= 15 is 0 Å². The highest BCUT2D eigenvalue weighted by Gasteiger charge is 2.17. The molecular formula is C17H21NO2. The van der Waals surface area contributed by atoms with E-state index in [4.69, 9.17) is 5.11 Å². The number of carbonyl (C=O) groups is 1. The number of benzene rings is 1. The maximum absolute atomic E-state index is 10.8. The normalized spacial score (nSPS) is 16.0. The van der Waals surface area contributed by atoms with Gasteiger partial charge in [0.2, 0.25) is 0 Å². The highest BCUT2D eigenvalue weighted by Crippen LogP contribution is 2.29. The lowest BCUT2D eigenvalue weighted by molar-refractivity contribution is -0.136. The maximum Gasteiger partial charge on any atom is 0.303 e. The zero-order valence-electron chi connectivity index (χ0n) is 11.7. The summed E-state index contributed by atoms with van der Waals surface area (Å²) in [5.74, 6) is 0.0639. The van der Waals surface area contributed by atoms with E-state index in [1.807, 2.05) is 6.07 Å². The Kier molecular flexibility index (Phi) is 3.77. The molecule has 0 aliphatic heterocycles. The van der Waals surface area contributed by atoms with Crippen LogP contribution in [0.2, 0.25) is 0 Å². The van der Waals surface area contributed by atoms with Crippen LogP contribution in [0.4, 0.5) is 0 Å². The zero-order chi connectivity index (χ0) is 13.9. The maximum atomic E-state index is 10.8. The Bertz CT molecular complexity index is 608. The summed E-state index contributed by atoms with van der Waals surface area (Å²) in [4.78, 5) is 10.8. The molecule has 0 radical (unpaired) electrons. The van der Waals surface area contributed by atoms with Gasteiger partial charge in [0, 0.05) is 19.2 Å². The highest BCUT2D eigenvalue weighted by molar-refractivity contribution is 5.84. The molecule has 1 saturated carbocycles. The molecule has 0 atom stereocenters. The van der Waals surface area contributed by atoms with Gasteiger partial charge in [-0.15, -0.1) is 0 Å². The minimum absolute atomic E-state index is 0.202. The molecule has 3 heteroatoms. The van der Waals surface area contributed by atoms with Gasteiger partial charge < -0.3 is 9.67 Å². The first-order valence-electron chi connectivity index (χ1n) is 7.52. The highest BCUT2D eigenvalue weighted by atomic mass is 16.4. The minimum atomic E-state index is -0.726. The second kappa shape index (κ2) is 5.70. The molecular weight excluding hydrogens is 250 g/mol. The smallest absolute Gasteiger partial charge is 0.303 e. The first-order valence-corrected chi connectivity index (χ1v) is 7.52. The Hall–Kier alpha value is -1.77. The number of aromatic nitrogens is 1. The first-order chi connectivity index (χ1) is 9.74. The standard InChI is InChI=1S/C17H21NO2/c19-16(20)9-8-14-6-3-7-15-10-11-18(17(14)15)12-13-4-1-2-5-13/h3,6-7,10-11,13H,1-2,4-5,8-9,12H2,(H,19,20). The molecule has 20 heavy (non-hydrogen) atoms. The lowest BCUT2D eigenvalue weighted by Gasteiger charge is -2.13. The van der Waals surface area contributed by atoms with Crippen molar-refractivity contribution < 1.29 is 9.90 Å². The van der Waals surface area contributed by atoms with Crippen molar-refractivity contribution >= 4 is 16.9 Å². The van der Waals surface area contributed by atoms with Crippen LogP contribution >= 0.6 is 0 Å². The molecule has 1 aromatic carbocycles. The largest absolute Gasteiger partial charge is 0.481 e. The van der Waals surface area contributed by atoms with Crippen LogP contribution in [0.5, 0.6) is 0 Å². The number of aryl methyl sites for hydroxylation is 1. The molecule has 0 spiro atoms.